The molecule has 3 aliphatic rings. The molecule has 6 heteroatoms. The fourth-order valence-electron chi connectivity index (χ4n) is 5.11. The first-order chi connectivity index (χ1) is 14.2. The van der Waals surface area contributed by atoms with Crippen LogP contribution >= 0.6 is 11.3 Å². The van der Waals surface area contributed by atoms with E-state index in [4.69, 9.17) is 9.97 Å². The molecule has 0 unspecified atom stereocenters. The number of amides is 1. The van der Waals surface area contributed by atoms with Gasteiger partial charge in [-0.15, -0.1) is 11.3 Å². The van der Waals surface area contributed by atoms with Crippen LogP contribution in [0, 0.1) is 12.8 Å². The van der Waals surface area contributed by atoms with Crippen LogP contribution in [0.2, 0.25) is 0 Å². The maximum atomic E-state index is 12.8. The summed E-state index contributed by atoms with van der Waals surface area (Å²) in [6.45, 7) is 4.00. The molecule has 0 aromatic carbocycles. The maximum Gasteiger partial charge on any atom is 0.223 e. The van der Waals surface area contributed by atoms with E-state index in [1.807, 2.05) is 0 Å². The fraction of sp³-hybridized carbons (Fsp3) is 0.696. The van der Waals surface area contributed by atoms with Crippen LogP contribution in [0.25, 0.3) is 10.9 Å². The van der Waals surface area contributed by atoms with Crippen molar-refractivity contribution in [2.75, 3.05) is 18.0 Å². The van der Waals surface area contributed by atoms with Crippen molar-refractivity contribution in [3.05, 3.63) is 16.1 Å². The van der Waals surface area contributed by atoms with Crippen molar-refractivity contribution in [3.63, 3.8) is 0 Å². The van der Waals surface area contributed by atoms with Gasteiger partial charge in [-0.05, 0) is 45.4 Å². The Morgan fingerprint density at radius 3 is 2.48 bits per heavy atom. The first-order valence-corrected chi connectivity index (χ1v) is 12.4. The molecule has 3 fully saturated rings. The van der Waals surface area contributed by atoms with E-state index in [1.54, 1.807) is 11.3 Å². The van der Waals surface area contributed by atoms with Gasteiger partial charge in [0.1, 0.15) is 11.6 Å². The number of fused-ring (bicyclic) bond motifs is 1. The Morgan fingerprint density at radius 1 is 1.03 bits per heavy atom. The normalized spacial score (nSPS) is 22.0. The van der Waals surface area contributed by atoms with Crippen LogP contribution in [0.5, 0.6) is 0 Å². The van der Waals surface area contributed by atoms with Gasteiger partial charge in [-0.1, -0.05) is 25.7 Å². The number of aromatic nitrogens is 2. The topological polar surface area (TPSA) is 58.1 Å². The van der Waals surface area contributed by atoms with E-state index in [0.29, 0.717) is 12.0 Å². The van der Waals surface area contributed by atoms with Crippen molar-refractivity contribution >= 4 is 34.0 Å². The van der Waals surface area contributed by atoms with Crippen molar-refractivity contribution in [3.8, 4) is 0 Å². The lowest BCUT2D eigenvalue weighted by Gasteiger charge is -2.34. The van der Waals surface area contributed by atoms with Gasteiger partial charge in [-0.3, -0.25) is 4.79 Å². The van der Waals surface area contributed by atoms with Crippen LogP contribution in [-0.2, 0) is 4.79 Å². The molecule has 0 bridgehead atoms. The van der Waals surface area contributed by atoms with Crippen molar-refractivity contribution in [1.82, 2.24) is 15.3 Å². The molecule has 5 rings (SSSR count). The molecule has 0 spiro atoms. The van der Waals surface area contributed by atoms with Crippen molar-refractivity contribution in [2.24, 2.45) is 5.92 Å². The average Bonchev–Trinajstić information content (AvgIpc) is 3.08. The predicted molar refractivity (Wildman–Crippen MR) is 119 cm³/mol. The molecule has 5 nitrogen and oxygen atoms in total. The predicted octanol–water partition coefficient (Wildman–Crippen LogP) is 4.93. The second-order valence-electron chi connectivity index (χ2n) is 9.19. The van der Waals surface area contributed by atoms with E-state index in [-0.39, 0.29) is 11.8 Å². The minimum Gasteiger partial charge on any atom is -0.356 e. The number of aryl methyl sites for hydroxylation is 1. The highest BCUT2D eigenvalue weighted by Crippen LogP contribution is 2.39. The van der Waals surface area contributed by atoms with Crippen molar-refractivity contribution < 1.29 is 4.79 Å². The van der Waals surface area contributed by atoms with Crippen molar-refractivity contribution in [1.29, 1.82) is 0 Å². The Balaban J connectivity index is 1.29. The molecule has 3 heterocycles. The first kappa shape index (κ1) is 19.3. The van der Waals surface area contributed by atoms with Gasteiger partial charge in [0.25, 0.3) is 0 Å². The molecular formula is C23H32N4OS. The van der Waals surface area contributed by atoms with Gasteiger partial charge >= 0.3 is 0 Å². The van der Waals surface area contributed by atoms with Crippen LogP contribution in [0.4, 0.5) is 5.82 Å². The number of piperidine rings is 1. The Hall–Kier alpha value is -1.69. The third-order valence-corrected chi connectivity index (χ3v) is 8.12. The highest BCUT2D eigenvalue weighted by atomic mass is 32.1. The molecule has 1 amide bonds. The van der Waals surface area contributed by atoms with Crippen LogP contribution in [0.1, 0.15) is 80.8 Å². The smallest absolute Gasteiger partial charge is 0.223 e. The summed E-state index contributed by atoms with van der Waals surface area (Å²) in [5.41, 5.74) is 1.11. The average molecular weight is 413 g/mol. The largest absolute Gasteiger partial charge is 0.356 e. The first-order valence-electron chi connectivity index (χ1n) is 11.5. The molecule has 1 saturated heterocycles. The summed E-state index contributed by atoms with van der Waals surface area (Å²) < 4.78 is 0. The number of hydrogen-bond donors (Lipinski definition) is 1. The second-order valence-corrected chi connectivity index (χ2v) is 10.3. The van der Waals surface area contributed by atoms with E-state index in [2.05, 4.69) is 22.5 Å². The lowest BCUT2D eigenvalue weighted by atomic mass is 9.85. The molecule has 2 aromatic heterocycles. The number of hydrogen-bond acceptors (Lipinski definition) is 5. The van der Waals surface area contributed by atoms with Crippen LogP contribution in [0.15, 0.2) is 5.38 Å². The number of carbonyl (C=O) groups excluding carboxylic acids is 1. The minimum absolute atomic E-state index is 0.153. The molecular weight excluding hydrogens is 380 g/mol. The van der Waals surface area contributed by atoms with Crippen LogP contribution in [-0.4, -0.2) is 35.0 Å². The highest BCUT2D eigenvalue weighted by Gasteiger charge is 2.30. The second kappa shape index (κ2) is 8.21. The van der Waals surface area contributed by atoms with E-state index < -0.39 is 0 Å². The SMILES string of the molecule is Cc1scc2nc(C3CCC3)nc(N3CCC(C(=O)NC4CCCCC4)CC3)c12. The van der Waals surface area contributed by atoms with Gasteiger partial charge in [0.05, 0.1) is 10.9 Å². The van der Waals surface area contributed by atoms with E-state index in [0.717, 1.165) is 55.9 Å². The zero-order chi connectivity index (χ0) is 19.8. The van der Waals surface area contributed by atoms with Crippen LogP contribution < -0.4 is 10.2 Å². The number of rotatable bonds is 4. The third kappa shape index (κ3) is 3.88. The Labute approximate surface area is 177 Å². The van der Waals surface area contributed by atoms with E-state index in [1.165, 1.54) is 48.8 Å². The van der Waals surface area contributed by atoms with Gasteiger partial charge in [0, 0.05) is 41.2 Å². The summed E-state index contributed by atoms with van der Waals surface area (Å²) in [4.78, 5) is 26.4. The van der Waals surface area contributed by atoms with Gasteiger partial charge < -0.3 is 10.2 Å². The Kier molecular flexibility index (Phi) is 5.46. The molecule has 0 radical (unpaired) electrons. The minimum atomic E-state index is 0.153. The van der Waals surface area contributed by atoms with Crippen molar-refractivity contribution in [2.45, 2.75) is 83.1 Å². The number of nitrogens with one attached hydrogen (secondary N) is 1. The fourth-order valence-corrected chi connectivity index (χ4v) is 5.88. The number of thiophene rings is 1. The number of anilines is 1. The Morgan fingerprint density at radius 2 is 1.79 bits per heavy atom. The zero-order valence-corrected chi connectivity index (χ0v) is 18.3. The molecule has 2 aliphatic carbocycles. The molecule has 156 valence electrons. The summed E-state index contributed by atoms with van der Waals surface area (Å²) in [5, 5.41) is 6.74. The van der Waals surface area contributed by atoms with Gasteiger partial charge in [0.2, 0.25) is 5.91 Å². The summed E-state index contributed by atoms with van der Waals surface area (Å²) >= 11 is 1.77. The molecule has 0 atom stereocenters. The summed E-state index contributed by atoms with van der Waals surface area (Å²) in [5.74, 6) is 3.12. The molecule has 2 saturated carbocycles. The maximum absolute atomic E-state index is 12.8. The summed E-state index contributed by atoms with van der Waals surface area (Å²) in [6, 6.07) is 0.411. The van der Waals surface area contributed by atoms with E-state index >= 15 is 0 Å². The van der Waals surface area contributed by atoms with Gasteiger partial charge in [-0.2, -0.15) is 0 Å². The van der Waals surface area contributed by atoms with E-state index in [9.17, 15) is 4.79 Å². The van der Waals surface area contributed by atoms with Gasteiger partial charge in [-0.25, -0.2) is 9.97 Å². The number of carbonyl (C=O) groups is 1. The lowest BCUT2D eigenvalue weighted by Crippen LogP contribution is -2.44. The molecule has 1 aliphatic heterocycles. The molecule has 1 N–H and O–H groups in total. The summed E-state index contributed by atoms with van der Waals surface area (Å²) in [7, 11) is 0. The quantitative estimate of drug-likeness (QED) is 0.773. The van der Waals surface area contributed by atoms with Gasteiger partial charge in [0.15, 0.2) is 0 Å². The Bertz CT molecular complexity index is 876. The molecule has 2 aromatic rings. The number of nitrogens with zero attached hydrogens (tertiary/aromatic N) is 3. The highest BCUT2D eigenvalue weighted by molar-refractivity contribution is 7.11. The lowest BCUT2D eigenvalue weighted by molar-refractivity contribution is -0.126. The standard InChI is InChI=1S/C23H32N4OS/c1-15-20-19(14-29-15)25-21(16-6-5-7-16)26-22(20)27-12-10-17(11-13-27)23(28)24-18-8-3-2-4-9-18/h14,16-18H,2-13H2,1H3,(H,24,28). The summed E-state index contributed by atoms with van der Waals surface area (Å²) in [6.07, 6.45) is 11.7. The monoisotopic (exact) mass is 412 g/mol. The zero-order valence-electron chi connectivity index (χ0n) is 17.5. The molecule has 29 heavy (non-hydrogen) atoms. The third-order valence-electron chi connectivity index (χ3n) is 7.22. The van der Waals surface area contributed by atoms with Crippen LogP contribution in [0.3, 0.4) is 0 Å².